The lowest BCUT2D eigenvalue weighted by Crippen LogP contribution is -2.37. The number of benzene rings is 1. The highest BCUT2D eigenvalue weighted by Gasteiger charge is 2.37. The highest BCUT2D eigenvalue weighted by Crippen LogP contribution is 2.33. The summed E-state index contributed by atoms with van der Waals surface area (Å²) in [5.41, 5.74) is 6.39. The second kappa shape index (κ2) is 4.11. The van der Waals surface area contributed by atoms with Gasteiger partial charge in [-0.1, -0.05) is 6.07 Å². The summed E-state index contributed by atoms with van der Waals surface area (Å²) >= 11 is 0. The van der Waals surface area contributed by atoms with Crippen LogP contribution in [0.2, 0.25) is 0 Å². The number of likely N-dealkylation sites (tertiary alicyclic amines) is 1. The molecule has 1 fully saturated rings. The number of hydrogen-bond acceptors (Lipinski definition) is 2. The van der Waals surface area contributed by atoms with Gasteiger partial charge in [0.2, 0.25) is 0 Å². The lowest BCUT2D eigenvalue weighted by Gasteiger charge is -2.28. The van der Waals surface area contributed by atoms with Crippen molar-refractivity contribution in [3.63, 3.8) is 0 Å². The standard InChI is InChI=1S/C12H16F2N2/c1-16-5-4-12(7-15,8-16)9-2-3-10(13)11(14)6-9/h2-3,6H,4-5,7-8,15H2,1H3. The molecule has 2 rings (SSSR count). The van der Waals surface area contributed by atoms with E-state index in [2.05, 4.69) is 4.90 Å². The summed E-state index contributed by atoms with van der Waals surface area (Å²) in [6, 6.07) is 4.10. The molecule has 2 N–H and O–H groups in total. The Bertz CT molecular complexity index is 395. The molecule has 1 aromatic rings. The first-order valence-corrected chi connectivity index (χ1v) is 5.41. The first-order chi connectivity index (χ1) is 7.57. The van der Waals surface area contributed by atoms with E-state index < -0.39 is 11.6 Å². The van der Waals surface area contributed by atoms with Gasteiger partial charge in [-0.25, -0.2) is 8.78 Å². The van der Waals surface area contributed by atoms with Gasteiger partial charge < -0.3 is 10.6 Å². The van der Waals surface area contributed by atoms with Crippen LogP contribution in [0.25, 0.3) is 0 Å². The largest absolute Gasteiger partial charge is 0.330 e. The van der Waals surface area contributed by atoms with Crippen molar-refractivity contribution in [1.82, 2.24) is 4.90 Å². The Labute approximate surface area is 94.0 Å². The Balaban J connectivity index is 2.37. The SMILES string of the molecule is CN1CCC(CN)(c2ccc(F)c(F)c2)C1. The fourth-order valence-electron chi connectivity index (χ4n) is 2.43. The average molecular weight is 226 g/mol. The molecule has 1 saturated heterocycles. The van der Waals surface area contributed by atoms with Gasteiger partial charge in [0.1, 0.15) is 0 Å². The molecule has 0 saturated carbocycles. The molecule has 0 radical (unpaired) electrons. The molecule has 0 bridgehead atoms. The fourth-order valence-corrected chi connectivity index (χ4v) is 2.43. The minimum Gasteiger partial charge on any atom is -0.330 e. The van der Waals surface area contributed by atoms with Crippen molar-refractivity contribution in [1.29, 1.82) is 0 Å². The molecular formula is C12H16F2N2. The van der Waals surface area contributed by atoms with Gasteiger partial charge in [-0.2, -0.15) is 0 Å². The van der Waals surface area contributed by atoms with Crippen molar-refractivity contribution < 1.29 is 8.78 Å². The Morgan fingerprint density at radius 2 is 2.12 bits per heavy atom. The number of likely N-dealkylation sites (N-methyl/N-ethyl adjacent to an activating group) is 1. The van der Waals surface area contributed by atoms with Gasteiger partial charge >= 0.3 is 0 Å². The molecule has 16 heavy (non-hydrogen) atoms. The third kappa shape index (κ3) is 1.83. The number of nitrogens with two attached hydrogens (primary N) is 1. The number of nitrogens with zero attached hydrogens (tertiary/aromatic N) is 1. The molecule has 0 aliphatic carbocycles. The van der Waals surface area contributed by atoms with E-state index in [9.17, 15) is 8.78 Å². The maximum Gasteiger partial charge on any atom is 0.159 e. The molecule has 88 valence electrons. The zero-order chi connectivity index (χ0) is 11.8. The van der Waals surface area contributed by atoms with Crippen LogP contribution in [0, 0.1) is 11.6 Å². The van der Waals surface area contributed by atoms with Crippen LogP contribution in [0.15, 0.2) is 18.2 Å². The normalized spacial score (nSPS) is 26.2. The Morgan fingerprint density at radius 3 is 2.62 bits per heavy atom. The molecule has 0 spiro atoms. The second-order valence-electron chi connectivity index (χ2n) is 4.60. The van der Waals surface area contributed by atoms with Crippen LogP contribution < -0.4 is 5.73 Å². The van der Waals surface area contributed by atoms with Crippen LogP contribution in [0.4, 0.5) is 8.78 Å². The van der Waals surface area contributed by atoms with E-state index in [1.165, 1.54) is 12.1 Å². The molecule has 1 aromatic carbocycles. The zero-order valence-electron chi connectivity index (χ0n) is 9.34. The summed E-state index contributed by atoms with van der Waals surface area (Å²) in [6.45, 7) is 2.20. The van der Waals surface area contributed by atoms with Gasteiger partial charge in [0.15, 0.2) is 11.6 Å². The molecule has 4 heteroatoms. The molecule has 1 unspecified atom stereocenters. The van der Waals surface area contributed by atoms with Crippen molar-refractivity contribution in [3.05, 3.63) is 35.4 Å². The molecule has 1 atom stereocenters. The average Bonchev–Trinajstić information content (AvgIpc) is 2.65. The topological polar surface area (TPSA) is 29.3 Å². The summed E-state index contributed by atoms with van der Waals surface area (Å²) in [5.74, 6) is -1.60. The monoisotopic (exact) mass is 226 g/mol. The molecule has 0 amide bonds. The Kier molecular flexibility index (Phi) is 2.95. The van der Waals surface area contributed by atoms with Gasteiger partial charge in [-0.3, -0.25) is 0 Å². The smallest absolute Gasteiger partial charge is 0.159 e. The van der Waals surface area contributed by atoms with E-state index in [-0.39, 0.29) is 5.41 Å². The lowest BCUT2D eigenvalue weighted by atomic mass is 9.80. The minimum absolute atomic E-state index is 0.219. The predicted molar refractivity (Wildman–Crippen MR) is 59.2 cm³/mol. The summed E-state index contributed by atoms with van der Waals surface area (Å²) in [7, 11) is 2.01. The number of hydrogen-bond donors (Lipinski definition) is 1. The van der Waals surface area contributed by atoms with Gasteiger partial charge in [-0.15, -0.1) is 0 Å². The third-order valence-corrected chi connectivity index (χ3v) is 3.47. The van der Waals surface area contributed by atoms with Crippen molar-refractivity contribution in [3.8, 4) is 0 Å². The van der Waals surface area contributed by atoms with Crippen molar-refractivity contribution in [2.24, 2.45) is 5.73 Å². The Hall–Kier alpha value is -1.00. The lowest BCUT2D eigenvalue weighted by molar-refractivity contribution is 0.370. The fraction of sp³-hybridized carbons (Fsp3) is 0.500. The van der Waals surface area contributed by atoms with Crippen LogP contribution >= 0.6 is 0 Å². The quantitative estimate of drug-likeness (QED) is 0.828. The van der Waals surface area contributed by atoms with E-state index in [1.54, 1.807) is 6.07 Å². The van der Waals surface area contributed by atoms with Gasteiger partial charge in [-0.05, 0) is 37.7 Å². The summed E-state index contributed by atoms with van der Waals surface area (Å²) < 4.78 is 26.1. The maximum absolute atomic E-state index is 13.2. The molecule has 2 nitrogen and oxygen atoms in total. The highest BCUT2D eigenvalue weighted by molar-refractivity contribution is 5.29. The molecule has 1 heterocycles. The Morgan fingerprint density at radius 1 is 1.38 bits per heavy atom. The third-order valence-electron chi connectivity index (χ3n) is 3.47. The summed E-state index contributed by atoms with van der Waals surface area (Å²) in [5, 5.41) is 0. The van der Waals surface area contributed by atoms with E-state index >= 15 is 0 Å². The van der Waals surface area contributed by atoms with E-state index in [0.717, 1.165) is 25.1 Å². The maximum atomic E-state index is 13.2. The van der Waals surface area contributed by atoms with Crippen LogP contribution in [0.5, 0.6) is 0 Å². The van der Waals surface area contributed by atoms with Crippen LogP contribution in [-0.2, 0) is 5.41 Å². The zero-order valence-corrected chi connectivity index (χ0v) is 9.34. The van der Waals surface area contributed by atoms with Gasteiger partial charge in [0.25, 0.3) is 0 Å². The van der Waals surface area contributed by atoms with Crippen molar-refractivity contribution in [2.75, 3.05) is 26.7 Å². The van der Waals surface area contributed by atoms with Crippen molar-refractivity contribution in [2.45, 2.75) is 11.8 Å². The van der Waals surface area contributed by atoms with Crippen LogP contribution in [0.1, 0.15) is 12.0 Å². The first-order valence-electron chi connectivity index (χ1n) is 5.41. The number of halogens is 2. The van der Waals surface area contributed by atoms with Crippen molar-refractivity contribution >= 4 is 0 Å². The second-order valence-corrected chi connectivity index (χ2v) is 4.60. The van der Waals surface area contributed by atoms with Crippen LogP contribution in [0.3, 0.4) is 0 Å². The van der Waals surface area contributed by atoms with Gasteiger partial charge in [0, 0.05) is 18.5 Å². The van der Waals surface area contributed by atoms with E-state index in [1.807, 2.05) is 7.05 Å². The van der Waals surface area contributed by atoms with E-state index in [4.69, 9.17) is 5.73 Å². The molecular weight excluding hydrogens is 210 g/mol. The summed E-state index contributed by atoms with van der Waals surface area (Å²) in [4.78, 5) is 2.16. The summed E-state index contributed by atoms with van der Waals surface area (Å²) in [6.07, 6.45) is 0.894. The predicted octanol–water partition coefficient (Wildman–Crippen LogP) is 1.50. The molecule has 1 aliphatic heterocycles. The first kappa shape index (κ1) is 11.5. The molecule has 1 aliphatic rings. The number of rotatable bonds is 2. The minimum atomic E-state index is -0.803. The van der Waals surface area contributed by atoms with Crippen LogP contribution in [-0.4, -0.2) is 31.6 Å². The highest BCUT2D eigenvalue weighted by atomic mass is 19.2. The molecule has 0 aromatic heterocycles. The van der Waals surface area contributed by atoms with Gasteiger partial charge in [0.05, 0.1) is 0 Å². The van der Waals surface area contributed by atoms with E-state index in [0.29, 0.717) is 6.54 Å².